The van der Waals surface area contributed by atoms with Crippen molar-refractivity contribution in [3.63, 3.8) is 0 Å². The zero-order valence-electron chi connectivity index (χ0n) is 15.0. The molecule has 2 saturated heterocycles. The molecule has 1 aromatic rings. The van der Waals surface area contributed by atoms with Gasteiger partial charge in [0.15, 0.2) is 0 Å². The molecule has 7 heteroatoms. The number of carbonyl (C=O) groups is 2. The maximum atomic E-state index is 12.7. The quantitative estimate of drug-likeness (QED) is 0.538. The molecule has 2 heterocycles. The number of nitrogens with zero attached hydrogens (tertiary/aromatic N) is 2. The van der Waals surface area contributed by atoms with E-state index in [2.05, 4.69) is 11.8 Å². The van der Waals surface area contributed by atoms with Gasteiger partial charge in [0.05, 0.1) is 31.4 Å². The highest BCUT2D eigenvalue weighted by Crippen LogP contribution is 2.34. The van der Waals surface area contributed by atoms with E-state index in [-0.39, 0.29) is 11.1 Å². The van der Waals surface area contributed by atoms with Gasteiger partial charge in [-0.2, -0.15) is 0 Å². The van der Waals surface area contributed by atoms with E-state index in [1.807, 2.05) is 24.3 Å². The topological polar surface area (TPSA) is 59.1 Å². The van der Waals surface area contributed by atoms with E-state index in [4.69, 9.17) is 9.47 Å². The van der Waals surface area contributed by atoms with Crippen LogP contribution in [0.2, 0.25) is 0 Å². The Kier molecular flexibility index (Phi) is 6.71. The number of hydrogen-bond acceptors (Lipinski definition) is 6. The van der Waals surface area contributed by atoms with Crippen LogP contribution in [0.3, 0.4) is 0 Å². The van der Waals surface area contributed by atoms with E-state index >= 15 is 0 Å². The standard InChI is InChI=1S/C19H24N2O4S/c1-2-3-10-25-16-7-5-4-6-15(16)13-17-18(22)21(19(23)26-17)14-20-8-11-24-12-9-20/h4-7,13H,2-3,8-12,14H2,1H3/b17-13+. The van der Waals surface area contributed by atoms with Crippen LogP contribution in [0.15, 0.2) is 29.2 Å². The molecule has 0 radical (unpaired) electrons. The van der Waals surface area contributed by atoms with Gasteiger partial charge in [-0.15, -0.1) is 0 Å². The first-order valence-corrected chi connectivity index (χ1v) is 9.78. The highest BCUT2D eigenvalue weighted by atomic mass is 32.2. The molecule has 0 aromatic heterocycles. The van der Waals surface area contributed by atoms with Crippen LogP contribution in [0.4, 0.5) is 4.79 Å². The fraction of sp³-hybridized carbons (Fsp3) is 0.474. The van der Waals surface area contributed by atoms with Crippen molar-refractivity contribution < 1.29 is 19.1 Å². The first kappa shape index (κ1) is 18.9. The van der Waals surface area contributed by atoms with Gasteiger partial charge in [-0.3, -0.25) is 19.4 Å². The average molecular weight is 376 g/mol. The Morgan fingerprint density at radius 1 is 1.23 bits per heavy atom. The fourth-order valence-electron chi connectivity index (χ4n) is 2.76. The van der Waals surface area contributed by atoms with Crippen molar-refractivity contribution >= 4 is 29.0 Å². The number of amides is 2. The van der Waals surface area contributed by atoms with E-state index in [9.17, 15) is 9.59 Å². The minimum atomic E-state index is -0.241. The minimum absolute atomic E-state index is 0.225. The maximum Gasteiger partial charge on any atom is 0.294 e. The Morgan fingerprint density at radius 3 is 2.77 bits per heavy atom. The molecule has 6 nitrogen and oxygen atoms in total. The van der Waals surface area contributed by atoms with Crippen molar-refractivity contribution in [3.05, 3.63) is 34.7 Å². The van der Waals surface area contributed by atoms with Crippen molar-refractivity contribution in [3.8, 4) is 5.75 Å². The lowest BCUT2D eigenvalue weighted by atomic mass is 10.2. The largest absolute Gasteiger partial charge is 0.493 e. The highest BCUT2D eigenvalue weighted by Gasteiger charge is 2.36. The average Bonchev–Trinajstić information content (AvgIpc) is 2.92. The molecule has 26 heavy (non-hydrogen) atoms. The van der Waals surface area contributed by atoms with Crippen LogP contribution in [0.25, 0.3) is 6.08 Å². The fourth-order valence-corrected chi connectivity index (χ4v) is 3.59. The molecule has 0 saturated carbocycles. The van der Waals surface area contributed by atoms with Crippen LogP contribution in [0, 0.1) is 0 Å². The van der Waals surface area contributed by atoms with Crippen LogP contribution < -0.4 is 4.74 Å². The maximum absolute atomic E-state index is 12.7. The molecule has 0 spiro atoms. The molecule has 0 aliphatic carbocycles. The highest BCUT2D eigenvalue weighted by molar-refractivity contribution is 8.18. The summed E-state index contributed by atoms with van der Waals surface area (Å²) in [5.41, 5.74) is 0.820. The number of benzene rings is 1. The van der Waals surface area contributed by atoms with Crippen LogP contribution in [-0.4, -0.2) is 60.5 Å². The smallest absolute Gasteiger partial charge is 0.294 e. The second-order valence-electron chi connectivity index (χ2n) is 6.22. The lowest BCUT2D eigenvalue weighted by molar-refractivity contribution is -0.125. The summed E-state index contributed by atoms with van der Waals surface area (Å²) in [6.07, 6.45) is 3.79. The Hall–Kier alpha value is -1.83. The summed E-state index contributed by atoms with van der Waals surface area (Å²) in [6, 6.07) is 7.59. The molecule has 3 rings (SSSR count). The van der Waals surface area contributed by atoms with E-state index in [1.54, 1.807) is 6.08 Å². The molecule has 0 atom stereocenters. The number of para-hydroxylation sites is 1. The number of ether oxygens (including phenoxy) is 2. The second-order valence-corrected chi connectivity index (χ2v) is 7.21. The molecule has 2 amide bonds. The van der Waals surface area contributed by atoms with Gasteiger partial charge in [0.1, 0.15) is 5.75 Å². The lowest BCUT2D eigenvalue weighted by Crippen LogP contribution is -2.45. The normalized spacial score (nSPS) is 20.2. The van der Waals surface area contributed by atoms with Gasteiger partial charge in [0.25, 0.3) is 11.1 Å². The molecular weight excluding hydrogens is 352 g/mol. The summed E-state index contributed by atoms with van der Waals surface area (Å²) in [5.74, 6) is 0.496. The van der Waals surface area contributed by atoms with Gasteiger partial charge in [-0.25, -0.2) is 0 Å². The molecule has 140 valence electrons. The number of thioether (sulfide) groups is 1. The van der Waals surface area contributed by atoms with Crippen LogP contribution >= 0.6 is 11.8 Å². The molecule has 0 bridgehead atoms. The SMILES string of the molecule is CCCCOc1ccccc1/C=C1/SC(=O)N(CN2CCOCC2)C1=O. The van der Waals surface area contributed by atoms with Gasteiger partial charge in [0, 0.05) is 18.7 Å². The number of morpholine rings is 1. The Bertz CT molecular complexity index is 686. The van der Waals surface area contributed by atoms with Crippen LogP contribution in [-0.2, 0) is 9.53 Å². The molecule has 0 unspecified atom stereocenters. The van der Waals surface area contributed by atoms with Crippen molar-refractivity contribution in [2.75, 3.05) is 39.6 Å². The zero-order valence-corrected chi connectivity index (χ0v) is 15.8. The Balaban J connectivity index is 1.71. The van der Waals surface area contributed by atoms with Gasteiger partial charge in [-0.1, -0.05) is 31.5 Å². The van der Waals surface area contributed by atoms with Crippen LogP contribution in [0.5, 0.6) is 5.75 Å². The number of rotatable bonds is 7. The molecule has 2 fully saturated rings. The third-order valence-corrected chi connectivity index (χ3v) is 5.19. The molecular formula is C19H24N2O4S. The second kappa shape index (κ2) is 9.21. The first-order chi connectivity index (χ1) is 12.7. The van der Waals surface area contributed by atoms with E-state index < -0.39 is 0 Å². The number of carbonyl (C=O) groups excluding carboxylic acids is 2. The predicted octanol–water partition coefficient (Wildman–Crippen LogP) is 3.19. The summed E-state index contributed by atoms with van der Waals surface area (Å²) in [5, 5.41) is -0.225. The summed E-state index contributed by atoms with van der Waals surface area (Å²) in [7, 11) is 0. The predicted molar refractivity (Wildman–Crippen MR) is 102 cm³/mol. The molecule has 2 aliphatic rings. The zero-order chi connectivity index (χ0) is 18.4. The van der Waals surface area contributed by atoms with Crippen LogP contribution in [0.1, 0.15) is 25.3 Å². The van der Waals surface area contributed by atoms with Gasteiger partial charge >= 0.3 is 0 Å². The summed E-state index contributed by atoms with van der Waals surface area (Å²) in [6.45, 7) is 5.80. The third kappa shape index (κ3) is 4.66. The van der Waals surface area contributed by atoms with Crippen molar-refractivity contribution in [1.82, 2.24) is 9.80 Å². The number of unbranched alkanes of at least 4 members (excludes halogenated alkanes) is 1. The first-order valence-electron chi connectivity index (χ1n) is 8.96. The van der Waals surface area contributed by atoms with Gasteiger partial charge in [0.2, 0.25) is 0 Å². The summed E-state index contributed by atoms with van der Waals surface area (Å²) >= 11 is 0.987. The Labute approximate surface area is 158 Å². The number of imide groups is 1. The third-order valence-electron chi connectivity index (χ3n) is 4.28. The summed E-state index contributed by atoms with van der Waals surface area (Å²) < 4.78 is 11.1. The van der Waals surface area contributed by atoms with Crippen molar-refractivity contribution in [2.24, 2.45) is 0 Å². The van der Waals surface area contributed by atoms with Crippen molar-refractivity contribution in [1.29, 1.82) is 0 Å². The van der Waals surface area contributed by atoms with E-state index in [1.165, 1.54) is 4.90 Å². The van der Waals surface area contributed by atoms with Gasteiger partial charge in [-0.05, 0) is 30.3 Å². The van der Waals surface area contributed by atoms with Crippen molar-refractivity contribution in [2.45, 2.75) is 19.8 Å². The van der Waals surface area contributed by atoms with Gasteiger partial charge < -0.3 is 9.47 Å². The van der Waals surface area contributed by atoms with E-state index in [0.717, 1.165) is 49.0 Å². The minimum Gasteiger partial charge on any atom is -0.493 e. The lowest BCUT2D eigenvalue weighted by Gasteiger charge is -2.29. The monoisotopic (exact) mass is 376 g/mol. The van der Waals surface area contributed by atoms with E-state index in [0.29, 0.717) is 31.4 Å². The Morgan fingerprint density at radius 2 is 2.00 bits per heavy atom. The molecule has 0 N–H and O–H groups in total. The number of hydrogen-bond donors (Lipinski definition) is 0. The molecule has 2 aliphatic heterocycles. The summed E-state index contributed by atoms with van der Waals surface area (Å²) in [4.78, 5) is 28.8. The molecule has 1 aromatic carbocycles.